The summed E-state index contributed by atoms with van der Waals surface area (Å²) in [7, 11) is 0. The Kier molecular flexibility index (Phi) is 5.14. The quantitative estimate of drug-likeness (QED) is 0.776. The Hall–Kier alpha value is -1.10. The molecule has 0 bridgehead atoms. The van der Waals surface area contributed by atoms with Crippen LogP contribution in [0.2, 0.25) is 0 Å². The smallest absolute Gasteiger partial charge is 0.323 e. The van der Waals surface area contributed by atoms with Crippen LogP contribution >= 0.6 is 0 Å². The molecule has 5 nitrogen and oxygen atoms in total. The molecule has 1 atom stereocenters. The summed E-state index contributed by atoms with van der Waals surface area (Å²) < 4.78 is 0. The van der Waals surface area contributed by atoms with E-state index in [1.165, 1.54) is 0 Å². The molecule has 1 saturated heterocycles. The van der Waals surface area contributed by atoms with Crippen molar-refractivity contribution in [3.63, 3.8) is 0 Å². The lowest BCUT2D eigenvalue weighted by molar-refractivity contribution is -0.153. The first-order valence-electron chi connectivity index (χ1n) is 6.64. The minimum absolute atomic E-state index is 0.0108. The van der Waals surface area contributed by atoms with Gasteiger partial charge in [0.05, 0.1) is 0 Å². The maximum Gasteiger partial charge on any atom is 0.323 e. The van der Waals surface area contributed by atoms with Crippen molar-refractivity contribution in [2.45, 2.75) is 58.0 Å². The van der Waals surface area contributed by atoms with Gasteiger partial charge < -0.3 is 10.4 Å². The van der Waals surface area contributed by atoms with E-state index in [0.717, 1.165) is 19.4 Å². The van der Waals surface area contributed by atoms with Gasteiger partial charge in [-0.25, -0.2) is 0 Å². The predicted molar refractivity (Wildman–Crippen MR) is 69.4 cm³/mol. The van der Waals surface area contributed by atoms with Crippen molar-refractivity contribution in [1.82, 2.24) is 10.2 Å². The Bertz CT molecular complexity index is 317. The summed E-state index contributed by atoms with van der Waals surface area (Å²) in [4.78, 5) is 24.9. The van der Waals surface area contributed by atoms with Crippen molar-refractivity contribution < 1.29 is 14.7 Å². The van der Waals surface area contributed by atoms with Crippen LogP contribution in [0.3, 0.4) is 0 Å². The second-order valence-electron chi connectivity index (χ2n) is 5.50. The third-order valence-electron chi connectivity index (χ3n) is 3.56. The molecule has 0 aromatic carbocycles. The summed E-state index contributed by atoms with van der Waals surface area (Å²) in [5, 5.41) is 12.2. The number of likely N-dealkylation sites (tertiary alicyclic amines) is 1. The first-order valence-corrected chi connectivity index (χ1v) is 6.64. The monoisotopic (exact) mass is 256 g/mol. The van der Waals surface area contributed by atoms with Crippen molar-refractivity contribution >= 4 is 11.9 Å². The molecule has 0 aromatic heterocycles. The summed E-state index contributed by atoms with van der Waals surface area (Å²) >= 11 is 0. The van der Waals surface area contributed by atoms with Gasteiger partial charge in [0, 0.05) is 19.0 Å². The Balaban J connectivity index is 2.53. The van der Waals surface area contributed by atoms with E-state index in [4.69, 9.17) is 0 Å². The van der Waals surface area contributed by atoms with Crippen LogP contribution in [-0.2, 0) is 9.59 Å². The predicted octanol–water partition coefficient (Wildman–Crippen LogP) is 1.23. The molecule has 1 heterocycles. The minimum atomic E-state index is -0.809. The molecule has 1 aliphatic rings. The summed E-state index contributed by atoms with van der Waals surface area (Å²) in [6.45, 7) is 6.87. The average molecular weight is 256 g/mol. The van der Waals surface area contributed by atoms with Crippen LogP contribution in [0, 0.1) is 0 Å². The van der Waals surface area contributed by atoms with E-state index in [9.17, 15) is 14.7 Å². The molecule has 0 aliphatic carbocycles. The summed E-state index contributed by atoms with van der Waals surface area (Å²) in [5.41, 5.74) is -0.809. The number of carboxylic acid groups (broad SMARTS) is 1. The van der Waals surface area contributed by atoms with Crippen LogP contribution < -0.4 is 5.32 Å². The molecule has 104 valence electrons. The van der Waals surface area contributed by atoms with Gasteiger partial charge in [-0.05, 0) is 46.6 Å². The van der Waals surface area contributed by atoms with Crippen LogP contribution in [0.25, 0.3) is 0 Å². The fraction of sp³-hybridized carbons (Fsp3) is 0.846. The second kappa shape index (κ2) is 6.18. The van der Waals surface area contributed by atoms with Crippen molar-refractivity contribution in [3.8, 4) is 0 Å². The van der Waals surface area contributed by atoms with E-state index in [2.05, 4.69) is 5.32 Å². The molecule has 18 heavy (non-hydrogen) atoms. The third-order valence-corrected chi connectivity index (χ3v) is 3.56. The van der Waals surface area contributed by atoms with Gasteiger partial charge >= 0.3 is 5.97 Å². The fourth-order valence-electron chi connectivity index (χ4n) is 2.41. The van der Waals surface area contributed by atoms with Crippen LogP contribution in [0.4, 0.5) is 0 Å². The largest absolute Gasteiger partial charge is 0.480 e. The van der Waals surface area contributed by atoms with E-state index in [1.54, 1.807) is 6.92 Å². The first kappa shape index (κ1) is 15.0. The number of carbonyl (C=O) groups is 2. The lowest BCUT2D eigenvalue weighted by Crippen LogP contribution is -2.55. The second-order valence-corrected chi connectivity index (χ2v) is 5.50. The van der Waals surface area contributed by atoms with E-state index in [1.807, 2.05) is 18.7 Å². The molecular formula is C13H24N2O3. The van der Waals surface area contributed by atoms with Crippen molar-refractivity contribution in [2.75, 3.05) is 13.1 Å². The lowest BCUT2D eigenvalue weighted by atomic mass is 9.88. The number of hydrogen-bond donors (Lipinski definition) is 2. The third kappa shape index (κ3) is 3.70. The summed E-state index contributed by atoms with van der Waals surface area (Å²) in [6, 6.07) is 0.129. The van der Waals surface area contributed by atoms with E-state index >= 15 is 0 Å². The fourth-order valence-corrected chi connectivity index (χ4v) is 2.41. The van der Waals surface area contributed by atoms with Gasteiger partial charge in [-0.1, -0.05) is 0 Å². The van der Waals surface area contributed by atoms with Crippen LogP contribution in [0.15, 0.2) is 0 Å². The highest BCUT2D eigenvalue weighted by Gasteiger charge is 2.40. The van der Waals surface area contributed by atoms with E-state index in [-0.39, 0.29) is 11.9 Å². The van der Waals surface area contributed by atoms with Crippen molar-refractivity contribution in [1.29, 1.82) is 0 Å². The Labute approximate surface area is 109 Å². The van der Waals surface area contributed by atoms with Crippen molar-refractivity contribution in [2.24, 2.45) is 0 Å². The van der Waals surface area contributed by atoms with E-state index in [0.29, 0.717) is 19.4 Å². The van der Waals surface area contributed by atoms with Crippen molar-refractivity contribution in [3.05, 3.63) is 0 Å². The first-order chi connectivity index (χ1) is 8.36. The number of hydrogen-bond acceptors (Lipinski definition) is 3. The maximum atomic E-state index is 11.6. The van der Waals surface area contributed by atoms with Gasteiger partial charge in [-0.3, -0.25) is 14.5 Å². The highest BCUT2D eigenvalue weighted by Crippen LogP contribution is 2.28. The zero-order valence-electron chi connectivity index (χ0n) is 11.5. The summed E-state index contributed by atoms with van der Waals surface area (Å²) in [6.07, 6.45) is 2.97. The molecule has 1 amide bonds. The number of carboxylic acids is 1. The zero-order valence-corrected chi connectivity index (χ0v) is 11.5. The van der Waals surface area contributed by atoms with Crippen LogP contribution in [0.1, 0.15) is 46.5 Å². The molecule has 0 aromatic rings. The van der Waals surface area contributed by atoms with Gasteiger partial charge in [-0.15, -0.1) is 0 Å². The topological polar surface area (TPSA) is 69.6 Å². The van der Waals surface area contributed by atoms with Gasteiger partial charge in [0.25, 0.3) is 0 Å². The van der Waals surface area contributed by atoms with Gasteiger partial charge in [0.1, 0.15) is 5.54 Å². The minimum Gasteiger partial charge on any atom is -0.480 e. The molecule has 0 spiro atoms. The number of amides is 1. The van der Waals surface area contributed by atoms with Gasteiger partial charge in [-0.2, -0.15) is 0 Å². The molecule has 2 N–H and O–H groups in total. The van der Waals surface area contributed by atoms with Crippen LogP contribution in [-0.4, -0.2) is 46.6 Å². The maximum absolute atomic E-state index is 11.6. The number of nitrogens with zero attached hydrogens (tertiary/aromatic N) is 1. The SMILES string of the molecule is CC(C)NC(=O)CCN1CCCCC1(C)C(=O)O. The molecule has 1 aliphatic heterocycles. The molecular weight excluding hydrogens is 232 g/mol. The number of carbonyl (C=O) groups excluding carboxylic acids is 1. The Morgan fingerprint density at radius 1 is 1.39 bits per heavy atom. The highest BCUT2D eigenvalue weighted by molar-refractivity contribution is 5.79. The average Bonchev–Trinajstić information content (AvgIpc) is 2.26. The highest BCUT2D eigenvalue weighted by atomic mass is 16.4. The summed E-state index contributed by atoms with van der Waals surface area (Å²) in [5.74, 6) is -0.797. The molecule has 1 fully saturated rings. The Morgan fingerprint density at radius 3 is 2.61 bits per heavy atom. The molecule has 1 unspecified atom stereocenters. The lowest BCUT2D eigenvalue weighted by Gasteiger charge is -2.41. The van der Waals surface area contributed by atoms with Gasteiger partial charge in [0.2, 0.25) is 5.91 Å². The normalized spacial score (nSPS) is 25.1. The molecule has 0 saturated carbocycles. The number of aliphatic carboxylic acids is 1. The zero-order chi connectivity index (χ0) is 13.8. The van der Waals surface area contributed by atoms with Gasteiger partial charge in [0.15, 0.2) is 0 Å². The molecule has 5 heteroatoms. The number of rotatable bonds is 5. The number of piperidine rings is 1. The standard InChI is InChI=1S/C13H24N2O3/c1-10(2)14-11(16)6-9-15-8-5-4-7-13(15,3)12(17)18/h10H,4-9H2,1-3H3,(H,14,16)(H,17,18). The van der Waals surface area contributed by atoms with Crippen LogP contribution in [0.5, 0.6) is 0 Å². The van der Waals surface area contributed by atoms with E-state index < -0.39 is 11.5 Å². The molecule has 0 radical (unpaired) electrons. The Morgan fingerprint density at radius 2 is 2.06 bits per heavy atom. The molecule has 1 rings (SSSR count). The number of nitrogens with one attached hydrogen (secondary N) is 1.